The lowest BCUT2D eigenvalue weighted by molar-refractivity contribution is -0.154. The van der Waals surface area contributed by atoms with E-state index in [1.54, 1.807) is 0 Å². The highest BCUT2D eigenvalue weighted by Crippen LogP contribution is 2.60. The van der Waals surface area contributed by atoms with Crippen LogP contribution in [0.2, 0.25) is 20.1 Å². The van der Waals surface area contributed by atoms with Crippen LogP contribution in [-0.4, -0.2) is 49.7 Å². The summed E-state index contributed by atoms with van der Waals surface area (Å²) in [5.74, 6) is -3.66. The second kappa shape index (κ2) is 9.86. The van der Waals surface area contributed by atoms with Crippen LogP contribution in [-0.2, 0) is 9.59 Å². The molecule has 0 unspecified atom stereocenters. The number of hydrazine groups is 1. The lowest BCUT2D eigenvalue weighted by Crippen LogP contribution is -2.52. The van der Waals surface area contributed by atoms with Gasteiger partial charge >= 0.3 is 0 Å². The number of amides is 3. The van der Waals surface area contributed by atoms with Gasteiger partial charge in [-0.05, 0) is 54.7 Å². The van der Waals surface area contributed by atoms with Gasteiger partial charge in [-0.3, -0.25) is 19.2 Å². The van der Waals surface area contributed by atoms with Crippen LogP contribution < -0.4 is 0 Å². The number of benzene rings is 2. The number of hydrogen-bond acceptors (Lipinski definition) is 4. The van der Waals surface area contributed by atoms with Crippen molar-refractivity contribution in [2.75, 3.05) is 6.54 Å². The smallest absolute Gasteiger partial charge is 0.274 e. The van der Waals surface area contributed by atoms with E-state index < -0.39 is 41.9 Å². The summed E-state index contributed by atoms with van der Waals surface area (Å²) in [6.45, 7) is -0.610. The summed E-state index contributed by atoms with van der Waals surface area (Å²) in [6, 6.07) is 8.54. The highest BCUT2D eigenvalue weighted by atomic mass is 79.9. The lowest BCUT2D eigenvalue weighted by Gasteiger charge is -2.31. The van der Waals surface area contributed by atoms with Gasteiger partial charge in [-0.15, -0.1) is 0 Å². The van der Waals surface area contributed by atoms with E-state index in [1.807, 2.05) is 0 Å². The standard InChI is InChI=1S/C24H16Br2Cl4N2O4/c25-20-13-7-14(21(20)26)19-18(13)23(35)32(24(19)36)31(22(34)12-4-2-10(28)6-16(12)30)8-17(33)11-3-1-9(27)5-15(11)29/h1-6,13-14,18-21H,7-8H2/t13-,14-,18-,19+,20-,21+/m1/s1. The van der Waals surface area contributed by atoms with Gasteiger partial charge < -0.3 is 0 Å². The van der Waals surface area contributed by atoms with E-state index in [4.69, 9.17) is 46.4 Å². The topological polar surface area (TPSA) is 74.8 Å². The maximum Gasteiger partial charge on any atom is 0.274 e. The Hall–Kier alpha value is -1.16. The first kappa shape index (κ1) is 26.4. The second-order valence-electron chi connectivity index (χ2n) is 9.03. The van der Waals surface area contributed by atoms with Crippen molar-refractivity contribution in [2.24, 2.45) is 23.7 Å². The van der Waals surface area contributed by atoms with Gasteiger partial charge in [0.15, 0.2) is 5.78 Å². The minimum absolute atomic E-state index is 0.00608. The van der Waals surface area contributed by atoms with Crippen LogP contribution in [0.15, 0.2) is 36.4 Å². The Bertz CT molecular complexity index is 1290. The first-order valence-electron chi connectivity index (χ1n) is 10.9. The molecule has 0 aromatic heterocycles. The lowest BCUT2D eigenvalue weighted by atomic mass is 9.81. The predicted molar refractivity (Wildman–Crippen MR) is 144 cm³/mol. The molecule has 2 saturated carbocycles. The quantitative estimate of drug-likeness (QED) is 0.208. The number of fused-ring (bicyclic) bond motifs is 5. The predicted octanol–water partition coefficient (Wildman–Crippen LogP) is 6.32. The Labute approximate surface area is 243 Å². The Kier molecular flexibility index (Phi) is 7.24. The molecule has 0 radical (unpaired) electrons. The molecule has 188 valence electrons. The maximum absolute atomic E-state index is 13.7. The van der Waals surface area contributed by atoms with E-state index >= 15 is 0 Å². The number of nitrogens with zero attached hydrogens (tertiary/aromatic N) is 2. The normalized spacial score (nSPS) is 28.6. The van der Waals surface area contributed by atoms with Gasteiger partial charge in [0.25, 0.3) is 17.7 Å². The van der Waals surface area contributed by atoms with Crippen molar-refractivity contribution in [1.82, 2.24) is 10.0 Å². The summed E-state index contributed by atoms with van der Waals surface area (Å²) in [5.41, 5.74) is 0.0925. The monoisotopic (exact) mass is 694 g/mol. The van der Waals surface area contributed by atoms with Crippen molar-refractivity contribution in [3.8, 4) is 0 Å². The number of Topliss-reactive ketones (excluding diaryl/α,β-unsaturated/α-hetero) is 1. The summed E-state index contributed by atoms with van der Waals surface area (Å²) in [7, 11) is 0. The number of ketones is 1. The molecule has 1 saturated heterocycles. The molecule has 2 aliphatic carbocycles. The fourth-order valence-electron chi connectivity index (χ4n) is 5.54. The summed E-state index contributed by atoms with van der Waals surface area (Å²) < 4.78 is 0. The van der Waals surface area contributed by atoms with Crippen LogP contribution in [0.4, 0.5) is 0 Å². The summed E-state index contributed by atoms with van der Waals surface area (Å²) in [6.07, 6.45) is 0.725. The molecule has 2 aromatic carbocycles. The van der Waals surface area contributed by atoms with Crippen LogP contribution >= 0.6 is 78.3 Å². The third-order valence-electron chi connectivity index (χ3n) is 7.13. The van der Waals surface area contributed by atoms with Gasteiger partial charge in [0.2, 0.25) is 0 Å². The van der Waals surface area contributed by atoms with E-state index in [9.17, 15) is 19.2 Å². The van der Waals surface area contributed by atoms with Crippen molar-refractivity contribution >= 4 is 102 Å². The van der Waals surface area contributed by atoms with E-state index in [2.05, 4.69) is 31.9 Å². The third kappa shape index (κ3) is 4.22. The number of hydrogen-bond donors (Lipinski definition) is 0. The molecule has 2 aromatic rings. The van der Waals surface area contributed by atoms with Crippen LogP contribution in [0.3, 0.4) is 0 Å². The van der Waals surface area contributed by atoms with Crippen molar-refractivity contribution in [3.63, 3.8) is 0 Å². The van der Waals surface area contributed by atoms with Crippen molar-refractivity contribution in [1.29, 1.82) is 0 Å². The molecular formula is C24H16Br2Cl4N2O4. The number of halogens is 6. The van der Waals surface area contributed by atoms with Gasteiger partial charge in [-0.1, -0.05) is 78.3 Å². The first-order valence-corrected chi connectivity index (χ1v) is 14.3. The highest BCUT2D eigenvalue weighted by molar-refractivity contribution is 9.12. The van der Waals surface area contributed by atoms with Crippen molar-refractivity contribution in [2.45, 2.75) is 16.1 Å². The Morgan fingerprint density at radius 1 is 0.833 bits per heavy atom. The molecule has 3 amide bonds. The molecule has 6 nitrogen and oxygen atoms in total. The van der Waals surface area contributed by atoms with E-state index in [-0.39, 0.29) is 42.7 Å². The van der Waals surface area contributed by atoms with Crippen LogP contribution in [0, 0.1) is 23.7 Å². The summed E-state index contributed by atoms with van der Waals surface area (Å²) in [4.78, 5) is 54.3. The van der Waals surface area contributed by atoms with Gasteiger partial charge in [-0.25, -0.2) is 5.01 Å². The molecular weight excluding hydrogens is 682 g/mol. The fourth-order valence-corrected chi connectivity index (χ4v) is 8.42. The van der Waals surface area contributed by atoms with E-state index in [1.165, 1.54) is 36.4 Å². The Morgan fingerprint density at radius 3 is 1.78 bits per heavy atom. The second-order valence-corrected chi connectivity index (χ2v) is 12.8. The molecule has 2 bridgehead atoms. The zero-order valence-electron chi connectivity index (χ0n) is 18.1. The molecule has 3 fully saturated rings. The van der Waals surface area contributed by atoms with E-state index in [0.717, 1.165) is 16.4 Å². The molecule has 12 heteroatoms. The largest absolute Gasteiger partial charge is 0.292 e. The van der Waals surface area contributed by atoms with Crippen LogP contribution in [0.1, 0.15) is 27.1 Å². The molecule has 36 heavy (non-hydrogen) atoms. The number of carbonyl (C=O) groups is 4. The molecule has 0 spiro atoms. The fraction of sp³-hybridized carbons (Fsp3) is 0.333. The molecule has 6 atom stereocenters. The van der Waals surface area contributed by atoms with E-state index in [0.29, 0.717) is 10.0 Å². The molecule has 3 aliphatic rings. The van der Waals surface area contributed by atoms with Crippen LogP contribution in [0.25, 0.3) is 0 Å². The zero-order chi connectivity index (χ0) is 26.0. The molecule has 1 aliphatic heterocycles. The average molecular weight is 698 g/mol. The molecule has 0 N–H and O–H groups in total. The SMILES string of the molecule is O=C(CN(C(=O)c1ccc(Cl)cc1Cl)N1C(=O)[C@@H]2[C@H]3C[C@@H]([C@H](Br)[C@@H]3Br)[C@@H]2C1=O)c1ccc(Cl)cc1Cl. The maximum atomic E-state index is 13.7. The average Bonchev–Trinajstić information content (AvgIpc) is 3.42. The molecule has 1 heterocycles. The first-order chi connectivity index (χ1) is 17.0. The minimum atomic E-state index is -0.782. The number of carbonyl (C=O) groups excluding carboxylic acids is 4. The zero-order valence-corrected chi connectivity index (χ0v) is 24.3. The highest BCUT2D eigenvalue weighted by Gasteiger charge is 2.67. The van der Waals surface area contributed by atoms with Gasteiger partial charge in [0.05, 0.1) is 27.4 Å². The summed E-state index contributed by atoms with van der Waals surface area (Å²) in [5, 5.41) is 2.45. The van der Waals surface area contributed by atoms with Crippen molar-refractivity contribution < 1.29 is 19.2 Å². The number of alkyl halides is 2. The summed E-state index contributed by atoms with van der Waals surface area (Å²) >= 11 is 31.7. The number of imide groups is 1. The Morgan fingerprint density at radius 2 is 1.31 bits per heavy atom. The number of rotatable bonds is 5. The van der Waals surface area contributed by atoms with Crippen molar-refractivity contribution in [3.05, 3.63) is 67.6 Å². The van der Waals surface area contributed by atoms with Gasteiger partial charge in [-0.2, -0.15) is 5.01 Å². The third-order valence-corrected chi connectivity index (χ3v) is 11.4. The van der Waals surface area contributed by atoms with Gasteiger partial charge in [0, 0.05) is 25.3 Å². The minimum Gasteiger partial charge on any atom is -0.292 e. The van der Waals surface area contributed by atoms with Crippen LogP contribution in [0.5, 0.6) is 0 Å². The Balaban J connectivity index is 1.54. The molecule has 5 rings (SSSR count). The van der Waals surface area contributed by atoms with Gasteiger partial charge in [0.1, 0.15) is 6.54 Å².